The number of ether oxygens (including phenoxy) is 5. The molecule has 1 atom stereocenters. The maximum absolute atomic E-state index is 14.3. The Morgan fingerprint density at radius 3 is 2.35 bits per heavy atom. The first-order valence-corrected chi connectivity index (χ1v) is 16.4. The van der Waals surface area contributed by atoms with Gasteiger partial charge in [-0.05, 0) is 94.3 Å². The molecular formula is C36H37N3O9S. The van der Waals surface area contributed by atoms with Gasteiger partial charge in [0.25, 0.3) is 5.56 Å². The van der Waals surface area contributed by atoms with E-state index in [4.69, 9.17) is 18.9 Å². The van der Waals surface area contributed by atoms with Crippen molar-refractivity contribution in [1.29, 1.82) is 0 Å². The van der Waals surface area contributed by atoms with Crippen molar-refractivity contribution in [1.82, 2.24) is 9.13 Å². The lowest BCUT2D eigenvalue weighted by Gasteiger charge is -2.25. The zero-order valence-electron chi connectivity index (χ0n) is 28.3. The third-order valence-electron chi connectivity index (χ3n) is 7.79. The number of benzene rings is 2. The minimum Gasteiger partial charge on any atom is -0.490 e. The molecule has 13 heteroatoms. The Morgan fingerprint density at radius 2 is 1.69 bits per heavy atom. The van der Waals surface area contributed by atoms with Crippen LogP contribution in [-0.2, 0) is 23.9 Å². The van der Waals surface area contributed by atoms with Gasteiger partial charge in [-0.15, -0.1) is 0 Å². The summed E-state index contributed by atoms with van der Waals surface area (Å²) in [7, 11) is 1.27. The maximum atomic E-state index is 14.3. The predicted octanol–water partition coefficient (Wildman–Crippen LogP) is 4.08. The number of fused-ring (bicyclic) bond motifs is 1. The van der Waals surface area contributed by atoms with Crippen LogP contribution in [0.1, 0.15) is 56.3 Å². The van der Waals surface area contributed by atoms with Gasteiger partial charge in [0.1, 0.15) is 5.75 Å². The monoisotopic (exact) mass is 687 g/mol. The van der Waals surface area contributed by atoms with E-state index in [1.54, 1.807) is 44.2 Å². The van der Waals surface area contributed by atoms with Crippen LogP contribution in [0.4, 0.5) is 0 Å². The van der Waals surface area contributed by atoms with Crippen LogP contribution in [0.15, 0.2) is 69.6 Å². The highest BCUT2D eigenvalue weighted by Crippen LogP contribution is 2.36. The molecular weight excluding hydrogens is 650 g/mol. The number of rotatable bonds is 11. The lowest BCUT2D eigenvalue weighted by Crippen LogP contribution is -2.40. The highest BCUT2D eigenvalue weighted by Gasteiger charge is 2.34. The molecule has 49 heavy (non-hydrogen) atoms. The Hall–Kier alpha value is -5.43. The van der Waals surface area contributed by atoms with E-state index in [-0.39, 0.29) is 24.3 Å². The molecule has 256 valence electrons. The van der Waals surface area contributed by atoms with Gasteiger partial charge >= 0.3 is 17.9 Å². The fourth-order valence-electron chi connectivity index (χ4n) is 5.69. The van der Waals surface area contributed by atoms with E-state index in [0.717, 1.165) is 22.6 Å². The third kappa shape index (κ3) is 7.21. The Balaban J connectivity index is 1.62. The Kier molecular flexibility index (Phi) is 10.5. The highest BCUT2D eigenvalue weighted by molar-refractivity contribution is 7.07. The number of esters is 3. The number of hydrogen-bond donors (Lipinski definition) is 0. The first-order valence-electron chi connectivity index (χ1n) is 15.6. The van der Waals surface area contributed by atoms with Gasteiger partial charge in [-0.2, -0.15) is 0 Å². The topological polar surface area (TPSA) is 137 Å². The van der Waals surface area contributed by atoms with E-state index < -0.39 is 23.9 Å². The van der Waals surface area contributed by atoms with Crippen LogP contribution >= 0.6 is 11.3 Å². The van der Waals surface area contributed by atoms with Crippen LogP contribution in [0.3, 0.4) is 0 Å². The molecule has 0 bridgehead atoms. The minimum absolute atomic E-state index is 0.138. The molecule has 2 aromatic carbocycles. The second-order valence-corrected chi connectivity index (χ2v) is 12.1. The lowest BCUT2D eigenvalue weighted by atomic mass is 9.95. The number of hydrogen-bond acceptors (Lipinski definition) is 11. The first-order chi connectivity index (χ1) is 23.5. The van der Waals surface area contributed by atoms with Crippen molar-refractivity contribution < 1.29 is 38.1 Å². The zero-order valence-corrected chi connectivity index (χ0v) is 29.1. The van der Waals surface area contributed by atoms with E-state index >= 15 is 0 Å². The molecule has 3 heterocycles. The van der Waals surface area contributed by atoms with Gasteiger partial charge in [0.15, 0.2) is 22.9 Å². The van der Waals surface area contributed by atoms with E-state index in [0.29, 0.717) is 44.4 Å². The number of carbonyl (C=O) groups is 3. The zero-order chi connectivity index (χ0) is 35.4. The second kappa shape index (κ2) is 14.8. The summed E-state index contributed by atoms with van der Waals surface area (Å²) in [6.07, 6.45) is 1.83. The molecule has 2 aromatic heterocycles. The SMILES string of the molecule is CCOC(=O)C1=C(C)N=c2s/c(=C\c3cc(C)n(-c4ccc(OC(C)=O)cc4)c3C)c(=O)n2[C@H]1c1ccc(OCC(=O)OC)c(OCC)c1. The second-order valence-electron chi connectivity index (χ2n) is 11.1. The largest absolute Gasteiger partial charge is 0.490 e. The average molecular weight is 688 g/mol. The maximum Gasteiger partial charge on any atom is 0.343 e. The minimum atomic E-state index is -0.880. The van der Waals surface area contributed by atoms with Gasteiger partial charge in [0.2, 0.25) is 0 Å². The van der Waals surface area contributed by atoms with Crippen LogP contribution < -0.4 is 29.1 Å². The van der Waals surface area contributed by atoms with E-state index in [1.807, 2.05) is 49.6 Å². The van der Waals surface area contributed by atoms with Gasteiger partial charge in [-0.3, -0.25) is 14.2 Å². The summed E-state index contributed by atoms with van der Waals surface area (Å²) in [6, 6.07) is 13.3. The van der Waals surface area contributed by atoms with Crippen LogP contribution in [0.25, 0.3) is 11.8 Å². The van der Waals surface area contributed by atoms with Crippen molar-refractivity contribution in [2.24, 2.45) is 4.99 Å². The Morgan fingerprint density at radius 1 is 0.959 bits per heavy atom. The standard InChI is InChI=1S/C36H37N3O9S/c1-8-45-29-17-24(10-15-28(29)47-19-31(41)44-7)33-32(35(43)46-9-2)21(4)37-36-39(33)34(42)30(49-36)18-25-16-20(3)38(22(25)5)26-11-13-27(14-12-26)48-23(6)40/h10-18,33H,8-9,19H2,1-7H3/b30-18-/t33-/m0/s1. The molecule has 5 rings (SSSR count). The molecule has 0 fully saturated rings. The third-order valence-corrected chi connectivity index (χ3v) is 8.77. The van der Waals surface area contributed by atoms with Crippen molar-refractivity contribution in [3.63, 3.8) is 0 Å². The summed E-state index contributed by atoms with van der Waals surface area (Å²) in [5.74, 6) is -0.456. The van der Waals surface area contributed by atoms with Gasteiger partial charge in [0.05, 0.1) is 42.2 Å². The molecule has 0 saturated carbocycles. The van der Waals surface area contributed by atoms with Crippen molar-refractivity contribution in [2.45, 2.75) is 47.6 Å². The molecule has 0 unspecified atom stereocenters. The number of aromatic nitrogens is 2. The molecule has 1 aliphatic rings. The summed E-state index contributed by atoms with van der Waals surface area (Å²) in [4.78, 5) is 55.9. The van der Waals surface area contributed by atoms with Gasteiger partial charge in [0, 0.05) is 24.0 Å². The molecule has 0 N–H and O–H groups in total. The van der Waals surface area contributed by atoms with Crippen LogP contribution in [0, 0.1) is 13.8 Å². The Labute approximate surface area is 286 Å². The first kappa shape index (κ1) is 34.9. The molecule has 1 aliphatic heterocycles. The molecule has 0 radical (unpaired) electrons. The van der Waals surface area contributed by atoms with Crippen LogP contribution in [0.2, 0.25) is 0 Å². The number of aryl methyl sites for hydroxylation is 1. The fourth-order valence-corrected chi connectivity index (χ4v) is 6.72. The molecule has 0 saturated heterocycles. The summed E-state index contributed by atoms with van der Waals surface area (Å²) in [6.45, 7) is 10.6. The predicted molar refractivity (Wildman–Crippen MR) is 182 cm³/mol. The van der Waals surface area contributed by atoms with Gasteiger partial charge < -0.3 is 28.3 Å². The van der Waals surface area contributed by atoms with E-state index in [2.05, 4.69) is 9.73 Å². The number of carbonyl (C=O) groups excluding carboxylic acids is 3. The molecule has 0 amide bonds. The molecule has 0 aliphatic carbocycles. The van der Waals surface area contributed by atoms with Crippen LogP contribution in [0.5, 0.6) is 17.2 Å². The average Bonchev–Trinajstić information content (AvgIpc) is 3.52. The van der Waals surface area contributed by atoms with E-state index in [1.165, 1.54) is 29.9 Å². The highest BCUT2D eigenvalue weighted by atomic mass is 32.1. The smallest absolute Gasteiger partial charge is 0.343 e. The molecule has 4 aromatic rings. The number of thiazole rings is 1. The van der Waals surface area contributed by atoms with Crippen LogP contribution in [-0.4, -0.2) is 54.0 Å². The normalized spacial score (nSPS) is 14.2. The lowest BCUT2D eigenvalue weighted by molar-refractivity contribution is -0.143. The number of methoxy groups -OCH3 is 1. The Bertz CT molecular complexity index is 2140. The van der Waals surface area contributed by atoms with Gasteiger partial charge in [-0.1, -0.05) is 17.4 Å². The number of allylic oxidation sites excluding steroid dienone is 1. The summed E-state index contributed by atoms with van der Waals surface area (Å²) in [5, 5.41) is 0. The van der Waals surface area contributed by atoms with Gasteiger partial charge in [-0.25, -0.2) is 14.6 Å². The summed E-state index contributed by atoms with van der Waals surface area (Å²) >= 11 is 1.22. The van der Waals surface area contributed by atoms with Crippen molar-refractivity contribution in [3.8, 4) is 22.9 Å². The van der Waals surface area contributed by atoms with Crippen molar-refractivity contribution in [3.05, 3.63) is 102 Å². The molecule has 0 spiro atoms. The molecule has 12 nitrogen and oxygen atoms in total. The van der Waals surface area contributed by atoms with E-state index in [9.17, 15) is 19.2 Å². The van der Waals surface area contributed by atoms with Crippen molar-refractivity contribution >= 4 is 35.3 Å². The summed E-state index contributed by atoms with van der Waals surface area (Å²) in [5.41, 5.74) is 4.41. The summed E-state index contributed by atoms with van der Waals surface area (Å²) < 4.78 is 30.8. The quantitative estimate of drug-likeness (QED) is 0.169. The fraction of sp³-hybridized carbons (Fsp3) is 0.306. The van der Waals surface area contributed by atoms with Crippen molar-refractivity contribution in [2.75, 3.05) is 26.9 Å². The number of nitrogens with zero attached hydrogens (tertiary/aromatic N) is 3.